The Bertz CT molecular complexity index is 638. The fourth-order valence-electron chi connectivity index (χ4n) is 2.94. The third-order valence-electron chi connectivity index (χ3n) is 4.29. The zero-order chi connectivity index (χ0) is 18.4. The van der Waals surface area contributed by atoms with Crippen LogP contribution in [0.3, 0.4) is 0 Å². The first-order chi connectivity index (χ1) is 12.0. The van der Waals surface area contributed by atoms with Crippen molar-refractivity contribution in [2.24, 2.45) is 11.8 Å². The van der Waals surface area contributed by atoms with Gasteiger partial charge in [0.15, 0.2) is 0 Å². The van der Waals surface area contributed by atoms with Gasteiger partial charge in [-0.25, -0.2) is 4.79 Å². The molecular formula is C19H26N2O4. The lowest BCUT2D eigenvalue weighted by atomic mass is 10.2. The summed E-state index contributed by atoms with van der Waals surface area (Å²) in [4.78, 5) is 38.3. The summed E-state index contributed by atoms with van der Waals surface area (Å²) in [5, 5.41) is 2.79. The number of esters is 1. The third-order valence-corrected chi connectivity index (χ3v) is 4.29. The highest BCUT2D eigenvalue weighted by molar-refractivity contribution is 6.00. The Balaban J connectivity index is 1.95. The number of carbonyl (C=O) groups is 3. The Morgan fingerprint density at radius 2 is 1.84 bits per heavy atom. The first kappa shape index (κ1) is 19.0. The van der Waals surface area contributed by atoms with Crippen LogP contribution >= 0.6 is 0 Å². The Labute approximate surface area is 148 Å². The van der Waals surface area contributed by atoms with Crippen LogP contribution in [0, 0.1) is 11.8 Å². The summed E-state index contributed by atoms with van der Waals surface area (Å²) in [7, 11) is 1.31. The van der Waals surface area contributed by atoms with Crippen LogP contribution in [-0.4, -0.2) is 42.9 Å². The number of nitrogens with zero attached hydrogens (tertiary/aromatic N) is 1. The van der Waals surface area contributed by atoms with Crippen molar-refractivity contribution >= 4 is 23.5 Å². The highest BCUT2D eigenvalue weighted by atomic mass is 16.5. The lowest BCUT2D eigenvalue weighted by molar-refractivity contribution is -0.134. The number of benzene rings is 1. The molecule has 0 aliphatic heterocycles. The Morgan fingerprint density at radius 1 is 1.16 bits per heavy atom. The van der Waals surface area contributed by atoms with E-state index in [-0.39, 0.29) is 23.7 Å². The summed E-state index contributed by atoms with van der Waals surface area (Å²) in [5.74, 6) is -1.06. The molecule has 2 amide bonds. The van der Waals surface area contributed by atoms with E-state index < -0.39 is 5.97 Å². The number of nitrogens with one attached hydrogen (secondary N) is 1. The molecule has 0 radical (unpaired) electrons. The molecule has 1 N–H and O–H groups in total. The Hall–Kier alpha value is -2.37. The summed E-state index contributed by atoms with van der Waals surface area (Å²) in [6, 6.07) is 6.59. The predicted molar refractivity (Wildman–Crippen MR) is 95.2 cm³/mol. The van der Waals surface area contributed by atoms with Gasteiger partial charge in [-0.3, -0.25) is 9.59 Å². The summed E-state index contributed by atoms with van der Waals surface area (Å²) in [5.41, 5.74) is 0.908. The van der Waals surface area contributed by atoms with Gasteiger partial charge in [-0.05, 0) is 37.5 Å². The fraction of sp³-hybridized carbons (Fsp3) is 0.526. The average molecular weight is 346 g/mol. The van der Waals surface area contributed by atoms with Gasteiger partial charge in [0.05, 0.1) is 24.5 Å². The predicted octanol–water partition coefficient (Wildman–Crippen LogP) is 2.70. The molecule has 2 atom stereocenters. The van der Waals surface area contributed by atoms with E-state index in [4.69, 9.17) is 0 Å². The first-order valence-corrected chi connectivity index (χ1v) is 8.79. The molecule has 1 fully saturated rings. The normalized spacial score (nSPS) is 18.4. The highest BCUT2D eigenvalue weighted by Gasteiger charge is 2.49. The van der Waals surface area contributed by atoms with Gasteiger partial charge < -0.3 is 15.0 Å². The van der Waals surface area contributed by atoms with Gasteiger partial charge in [-0.2, -0.15) is 0 Å². The maximum atomic E-state index is 12.5. The maximum absolute atomic E-state index is 12.5. The molecular weight excluding hydrogens is 320 g/mol. The minimum absolute atomic E-state index is 0.0761. The molecule has 2 unspecified atom stereocenters. The molecule has 0 saturated heterocycles. The second-order valence-electron chi connectivity index (χ2n) is 6.34. The van der Waals surface area contributed by atoms with Gasteiger partial charge in [0.25, 0.3) is 0 Å². The summed E-state index contributed by atoms with van der Waals surface area (Å²) in [6.45, 7) is 5.56. The number of hydrogen-bond acceptors (Lipinski definition) is 4. The number of amides is 2. The van der Waals surface area contributed by atoms with E-state index in [0.717, 1.165) is 25.9 Å². The number of rotatable bonds is 8. The number of anilines is 1. The number of methoxy groups -OCH3 is 1. The van der Waals surface area contributed by atoms with Crippen LogP contribution < -0.4 is 5.32 Å². The van der Waals surface area contributed by atoms with E-state index in [2.05, 4.69) is 10.1 Å². The Kier molecular flexibility index (Phi) is 6.56. The smallest absolute Gasteiger partial charge is 0.337 e. The molecule has 0 aromatic heterocycles. The van der Waals surface area contributed by atoms with Crippen LogP contribution in [0.1, 0.15) is 43.5 Å². The van der Waals surface area contributed by atoms with E-state index in [0.29, 0.717) is 17.7 Å². The zero-order valence-corrected chi connectivity index (χ0v) is 15.1. The van der Waals surface area contributed by atoms with Crippen molar-refractivity contribution in [3.8, 4) is 0 Å². The van der Waals surface area contributed by atoms with E-state index in [1.807, 2.05) is 18.7 Å². The molecule has 0 bridgehead atoms. The third kappa shape index (κ3) is 4.81. The standard InChI is InChI=1S/C19H26N2O4/c1-4-9-21(10-5-2)18(23)16-12-15(16)17(22)20-14-8-6-7-13(11-14)19(24)25-3/h6-8,11,15-16H,4-5,9-10,12H2,1-3H3,(H,20,22). The Morgan fingerprint density at radius 3 is 2.44 bits per heavy atom. The van der Waals surface area contributed by atoms with Gasteiger partial charge in [0, 0.05) is 18.8 Å². The maximum Gasteiger partial charge on any atom is 0.337 e. The topological polar surface area (TPSA) is 75.7 Å². The largest absolute Gasteiger partial charge is 0.465 e. The average Bonchev–Trinajstić information content (AvgIpc) is 3.41. The second kappa shape index (κ2) is 8.65. The minimum atomic E-state index is -0.453. The van der Waals surface area contributed by atoms with E-state index in [1.165, 1.54) is 7.11 Å². The van der Waals surface area contributed by atoms with Gasteiger partial charge in [0.1, 0.15) is 0 Å². The summed E-state index contributed by atoms with van der Waals surface area (Å²) >= 11 is 0. The lowest BCUT2D eigenvalue weighted by Crippen LogP contribution is -2.34. The first-order valence-electron chi connectivity index (χ1n) is 8.79. The van der Waals surface area contributed by atoms with Crippen LogP contribution in [0.2, 0.25) is 0 Å². The molecule has 6 nitrogen and oxygen atoms in total. The summed E-state index contributed by atoms with van der Waals surface area (Å²) < 4.78 is 4.68. The molecule has 2 rings (SSSR count). The molecule has 136 valence electrons. The molecule has 1 aliphatic rings. The number of carbonyl (C=O) groups excluding carboxylic acids is 3. The van der Waals surface area contributed by atoms with Crippen molar-refractivity contribution in [3.63, 3.8) is 0 Å². The number of hydrogen-bond donors (Lipinski definition) is 1. The van der Waals surface area contributed by atoms with E-state index >= 15 is 0 Å². The van der Waals surface area contributed by atoms with Crippen molar-refractivity contribution in [1.82, 2.24) is 4.90 Å². The molecule has 6 heteroatoms. The van der Waals surface area contributed by atoms with E-state index in [1.54, 1.807) is 24.3 Å². The zero-order valence-electron chi connectivity index (χ0n) is 15.1. The van der Waals surface area contributed by atoms with Crippen molar-refractivity contribution in [1.29, 1.82) is 0 Å². The molecule has 1 aromatic carbocycles. The van der Waals surface area contributed by atoms with Crippen molar-refractivity contribution in [3.05, 3.63) is 29.8 Å². The quantitative estimate of drug-likeness (QED) is 0.734. The van der Waals surface area contributed by atoms with Gasteiger partial charge >= 0.3 is 5.97 Å². The molecule has 25 heavy (non-hydrogen) atoms. The molecule has 0 heterocycles. The van der Waals surface area contributed by atoms with Crippen LogP contribution in [0.15, 0.2) is 24.3 Å². The van der Waals surface area contributed by atoms with Crippen molar-refractivity contribution in [2.75, 3.05) is 25.5 Å². The van der Waals surface area contributed by atoms with Gasteiger partial charge in [0.2, 0.25) is 11.8 Å². The van der Waals surface area contributed by atoms with Gasteiger partial charge in [-0.15, -0.1) is 0 Å². The summed E-state index contributed by atoms with van der Waals surface area (Å²) in [6.07, 6.45) is 2.41. The molecule has 0 spiro atoms. The lowest BCUT2D eigenvalue weighted by Gasteiger charge is -2.21. The highest BCUT2D eigenvalue weighted by Crippen LogP contribution is 2.41. The van der Waals surface area contributed by atoms with Gasteiger partial charge in [-0.1, -0.05) is 19.9 Å². The molecule has 1 aliphatic carbocycles. The monoisotopic (exact) mass is 346 g/mol. The van der Waals surface area contributed by atoms with Crippen molar-refractivity contribution in [2.45, 2.75) is 33.1 Å². The number of ether oxygens (including phenoxy) is 1. The fourth-order valence-corrected chi connectivity index (χ4v) is 2.94. The van der Waals surface area contributed by atoms with Crippen LogP contribution in [-0.2, 0) is 14.3 Å². The van der Waals surface area contributed by atoms with Crippen LogP contribution in [0.4, 0.5) is 5.69 Å². The molecule has 1 saturated carbocycles. The van der Waals surface area contributed by atoms with Crippen molar-refractivity contribution < 1.29 is 19.1 Å². The SMILES string of the molecule is CCCN(CCC)C(=O)C1CC1C(=O)Nc1cccc(C(=O)OC)c1. The van der Waals surface area contributed by atoms with Crippen LogP contribution in [0.5, 0.6) is 0 Å². The van der Waals surface area contributed by atoms with E-state index in [9.17, 15) is 14.4 Å². The molecule has 1 aromatic rings. The minimum Gasteiger partial charge on any atom is -0.465 e. The second-order valence-corrected chi connectivity index (χ2v) is 6.34. The van der Waals surface area contributed by atoms with Crippen LogP contribution in [0.25, 0.3) is 0 Å².